The normalized spacial score (nSPS) is 12.0. The van der Waals surface area contributed by atoms with Crippen LogP contribution in [-0.2, 0) is 0 Å². The fraction of sp³-hybridized carbons (Fsp3) is 0.200. The van der Waals surface area contributed by atoms with Gasteiger partial charge >= 0.3 is 0 Å². The summed E-state index contributed by atoms with van der Waals surface area (Å²) < 4.78 is 6.09. The van der Waals surface area contributed by atoms with Crippen LogP contribution in [0.3, 0.4) is 0 Å². The molecule has 0 saturated carbocycles. The van der Waals surface area contributed by atoms with Gasteiger partial charge in [-0.25, -0.2) is 0 Å². The number of rotatable bonds is 5. The van der Waals surface area contributed by atoms with Gasteiger partial charge in [0.1, 0.15) is 5.75 Å². The molecule has 0 aliphatic carbocycles. The topological polar surface area (TPSA) is 41.5 Å². The highest BCUT2D eigenvalue weighted by molar-refractivity contribution is 9.10. The van der Waals surface area contributed by atoms with E-state index < -0.39 is 6.10 Å². The lowest BCUT2D eigenvalue weighted by atomic mass is 10.1. The second kappa shape index (κ2) is 6.97. The first-order valence-corrected chi connectivity index (χ1v) is 7.28. The molecule has 2 rings (SSSR count). The summed E-state index contributed by atoms with van der Waals surface area (Å²) in [4.78, 5) is 0. The third-order valence-corrected chi connectivity index (χ3v) is 3.72. The van der Waals surface area contributed by atoms with E-state index >= 15 is 0 Å². The standard InChI is InChI=1S/C15H15BrClNO2/c1-20-12-5-6-13(17)14(8-12)18-9-15(19)10-3-2-4-11(16)7-10/h2-8,15,18-19H,9H2,1H3. The third-order valence-electron chi connectivity index (χ3n) is 2.89. The highest BCUT2D eigenvalue weighted by Crippen LogP contribution is 2.27. The van der Waals surface area contributed by atoms with Crippen molar-refractivity contribution in [3.05, 3.63) is 57.5 Å². The summed E-state index contributed by atoms with van der Waals surface area (Å²) in [6, 6.07) is 12.9. The fourth-order valence-electron chi connectivity index (χ4n) is 1.81. The van der Waals surface area contributed by atoms with E-state index in [4.69, 9.17) is 16.3 Å². The number of halogens is 2. The number of hydrogen-bond acceptors (Lipinski definition) is 3. The van der Waals surface area contributed by atoms with Crippen LogP contribution in [0.15, 0.2) is 46.9 Å². The van der Waals surface area contributed by atoms with Gasteiger partial charge in [0.2, 0.25) is 0 Å². The summed E-state index contributed by atoms with van der Waals surface area (Å²) in [6.07, 6.45) is -0.616. The Morgan fingerprint density at radius 1 is 1.30 bits per heavy atom. The van der Waals surface area contributed by atoms with Gasteiger partial charge in [-0.1, -0.05) is 39.7 Å². The Morgan fingerprint density at radius 2 is 2.10 bits per heavy atom. The molecule has 0 aromatic heterocycles. The molecule has 0 amide bonds. The van der Waals surface area contributed by atoms with Crippen LogP contribution >= 0.6 is 27.5 Å². The van der Waals surface area contributed by atoms with Crippen molar-refractivity contribution in [3.8, 4) is 5.75 Å². The van der Waals surface area contributed by atoms with E-state index in [0.717, 1.165) is 15.7 Å². The van der Waals surface area contributed by atoms with Crippen LogP contribution in [0.2, 0.25) is 5.02 Å². The van der Waals surface area contributed by atoms with Gasteiger partial charge in [-0.3, -0.25) is 0 Å². The quantitative estimate of drug-likeness (QED) is 0.841. The molecule has 0 fully saturated rings. The molecule has 0 radical (unpaired) electrons. The first-order chi connectivity index (χ1) is 9.60. The van der Waals surface area contributed by atoms with Gasteiger partial charge in [0.15, 0.2) is 0 Å². The molecule has 0 spiro atoms. The number of aliphatic hydroxyl groups is 1. The Hall–Kier alpha value is -1.23. The van der Waals surface area contributed by atoms with E-state index in [1.807, 2.05) is 24.3 Å². The maximum absolute atomic E-state index is 10.2. The summed E-state index contributed by atoms with van der Waals surface area (Å²) in [5.41, 5.74) is 1.57. The van der Waals surface area contributed by atoms with E-state index in [1.54, 1.807) is 25.3 Å². The van der Waals surface area contributed by atoms with Crippen LogP contribution in [0.25, 0.3) is 0 Å². The lowest BCUT2D eigenvalue weighted by Gasteiger charge is -2.15. The van der Waals surface area contributed by atoms with E-state index in [2.05, 4.69) is 21.2 Å². The lowest BCUT2D eigenvalue weighted by molar-refractivity contribution is 0.191. The van der Waals surface area contributed by atoms with Gasteiger partial charge in [-0.05, 0) is 29.8 Å². The molecule has 5 heteroatoms. The van der Waals surface area contributed by atoms with E-state index in [-0.39, 0.29) is 0 Å². The molecule has 0 saturated heterocycles. The van der Waals surface area contributed by atoms with Crippen LogP contribution in [0.5, 0.6) is 5.75 Å². The van der Waals surface area contributed by atoms with Crippen LogP contribution in [-0.4, -0.2) is 18.8 Å². The van der Waals surface area contributed by atoms with Gasteiger partial charge in [-0.15, -0.1) is 0 Å². The number of hydrogen-bond donors (Lipinski definition) is 2. The van der Waals surface area contributed by atoms with Gasteiger partial charge in [0, 0.05) is 17.1 Å². The second-order valence-electron chi connectivity index (χ2n) is 4.30. The zero-order valence-corrected chi connectivity index (χ0v) is 13.3. The maximum Gasteiger partial charge on any atom is 0.121 e. The smallest absolute Gasteiger partial charge is 0.121 e. The number of ether oxygens (including phenoxy) is 1. The van der Waals surface area contributed by atoms with Crippen molar-refractivity contribution >= 4 is 33.2 Å². The van der Waals surface area contributed by atoms with Crippen LogP contribution in [0, 0.1) is 0 Å². The number of methoxy groups -OCH3 is 1. The minimum atomic E-state index is -0.616. The molecule has 0 bridgehead atoms. The Bertz CT molecular complexity index is 592. The first kappa shape index (κ1) is 15.2. The molecule has 2 aromatic rings. The van der Waals surface area contributed by atoms with Gasteiger partial charge in [0.05, 0.1) is 23.9 Å². The van der Waals surface area contributed by atoms with E-state index in [9.17, 15) is 5.11 Å². The summed E-state index contributed by atoms with van der Waals surface area (Å²) in [6.45, 7) is 0.364. The van der Waals surface area contributed by atoms with Gasteiger partial charge in [0.25, 0.3) is 0 Å². The van der Waals surface area contributed by atoms with Crippen molar-refractivity contribution in [2.75, 3.05) is 19.0 Å². The molecule has 2 N–H and O–H groups in total. The molecule has 2 aromatic carbocycles. The Labute approximate surface area is 131 Å². The summed E-state index contributed by atoms with van der Waals surface area (Å²) in [5.74, 6) is 0.717. The largest absolute Gasteiger partial charge is 0.497 e. The molecule has 1 unspecified atom stereocenters. The van der Waals surface area contributed by atoms with E-state index in [0.29, 0.717) is 17.3 Å². The van der Waals surface area contributed by atoms with Crippen LogP contribution < -0.4 is 10.1 Å². The predicted molar refractivity (Wildman–Crippen MR) is 85.6 cm³/mol. The van der Waals surface area contributed by atoms with Crippen molar-refractivity contribution < 1.29 is 9.84 Å². The molecular weight excluding hydrogens is 342 g/mol. The number of benzene rings is 2. The van der Waals surface area contributed by atoms with Gasteiger partial charge < -0.3 is 15.2 Å². The highest BCUT2D eigenvalue weighted by atomic mass is 79.9. The van der Waals surface area contributed by atoms with Crippen molar-refractivity contribution in [2.24, 2.45) is 0 Å². The third kappa shape index (κ3) is 3.88. The number of anilines is 1. The SMILES string of the molecule is COc1ccc(Cl)c(NCC(O)c2cccc(Br)c2)c1. The van der Waals surface area contributed by atoms with Crippen LogP contribution in [0.4, 0.5) is 5.69 Å². The molecule has 0 aliphatic rings. The monoisotopic (exact) mass is 355 g/mol. The molecule has 106 valence electrons. The molecule has 0 heterocycles. The minimum Gasteiger partial charge on any atom is -0.497 e. The highest BCUT2D eigenvalue weighted by Gasteiger charge is 2.09. The minimum absolute atomic E-state index is 0.364. The van der Waals surface area contributed by atoms with Crippen molar-refractivity contribution in [3.63, 3.8) is 0 Å². The van der Waals surface area contributed by atoms with Crippen molar-refractivity contribution in [1.82, 2.24) is 0 Å². The zero-order chi connectivity index (χ0) is 14.5. The molecule has 20 heavy (non-hydrogen) atoms. The second-order valence-corrected chi connectivity index (χ2v) is 5.62. The number of nitrogens with one attached hydrogen (secondary N) is 1. The van der Waals surface area contributed by atoms with E-state index in [1.165, 1.54) is 0 Å². The average Bonchev–Trinajstić information content (AvgIpc) is 2.46. The summed E-state index contributed by atoms with van der Waals surface area (Å²) >= 11 is 9.49. The summed E-state index contributed by atoms with van der Waals surface area (Å²) in [5, 5.41) is 13.9. The molecule has 3 nitrogen and oxygen atoms in total. The number of aliphatic hydroxyl groups excluding tert-OH is 1. The maximum atomic E-state index is 10.2. The first-order valence-electron chi connectivity index (χ1n) is 6.11. The average molecular weight is 357 g/mol. The molecular formula is C15H15BrClNO2. The lowest BCUT2D eigenvalue weighted by Crippen LogP contribution is -2.12. The zero-order valence-electron chi connectivity index (χ0n) is 10.9. The fourth-order valence-corrected chi connectivity index (χ4v) is 2.41. The van der Waals surface area contributed by atoms with Crippen molar-refractivity contribution in [2.45, 2.75) is 6.10 Å². The van der Waals surface area contributed by atoms with Gasteiger partial charge in [-0.2, -0.15) is 0 Å². The Kier molecular flexibility index (Phi) is 5.29. The molecule has 1 atom stereocenters. The summed E-state index contributed by atoms with van der Waals surface area (Å²) in [7, 11) is 1.60. The Morgan fingerprint density at radius 3 is 2.80 bits per heavy atom. The van der Waals surface area contributed by atoms with Crippen molar-refractivity contribution in [1.29, 1.82) is 0 Å². The predicted octanol–water partition coefficient (Wildman–Crippen LogP) is 4.26. The van der Waals surface area contributed by atoms with Crippen LogP contribution in [0.1, 0.15) is 11.7 Å². The Balaban J connectivity index is 2.05. The molecule has 0 aliphatic heterocycles.